The summed E-state index contributed by atoms with van der Waals surface area (Å²) in [5.41, 5.74) is 0. The van der Waals surface area contributed by atoms with Crippen LogP contribution in [0.3, 0.4) is 0 Å². The van der Waals surface area contributed by atoms with E-state index in [0.717, 1.165) is 50.6 Å². The first-order chi connectivity index (χ1) is 17.2. The van der Waals surface area contributed by atoms with E-state index in [1.807, 2.05) is 0 Å². The van der Waals surface area contributed by atoms with Gasteiger partial charge in [0.25, 0.3) is 0 Å². The summed E-state index contributed by atoms with van der Waals surface area (Å²) in [5, 5.41) is 0. The molecule has 0 aliphatic heterocycles. The molecule has 0 saturated heterocycles. The van der Waals surface area contributed by atoms with Crippen molar-refractivity contribution in [2.75, 3.05) is 0 Å². The molecule has 0 aromatic rings. The third-order valence-corrected chi connectivity index (χ3v) is 6.37. The number of hydrogen-bond donors (Lipinski definition) is 0. The molecule has 204 valence electrons. The lowest BCUT2D eigenvalue weighted by atomic mass is 10.0. The van der Waals surface area contributed by atoms with Crippen LogP contribution in [0.25, 0.3) is 0 Å². The molecule has 0 aliphatic carbocycles. The zero-order valence-corrected chi connectivity index (χ0v) is 23.9. The quantitative estimate of drug-likeness (QED) is 0.0727. The van der Waals surface area contributed by atoms with Crippen molar-refractivity contribution in [3.05, 3.63) is 36.5 Å². The van der Waals surface area contributed by atoms with E-state index in [1.54, 1.807) is 0 Å². The molecule has 0 amide bonds. The van der Waals surface area contributed by atoms with Crippen molar-refractivity contribution in [1.29, 1.82) is 0 Å². The zero-order valence-electron chi connectivity index (χ0n) is 23.9. The van der Waals surface area contributed by atoms with E-state index >= 15 is 0 Å². The SMILES string of the molecule is CCC(C)CCCCC=CCCCCCCC=O.CCCCC=CCCC=CCCCCCC=O. The molecular weight excluding hydrogens is 428 g/mol. The summed E-state index contributed by atoms with van der Waals surface area (Å²) in [5.74, 6) is 0.903. The van der Waals surface area contributed by atoms with Crippen LogP contribution in [0.4, 0.5) is 0 Å². The van der Waals surface area contributed by atoms with Gasteiger partial charge in [0.15, 0.2) is 0 Å². The highest BCUT2D eigenvalue weighted by molar-refractivity contribution is 5.49. The molecule has 0 bridgehead atoms. The molecule has 2 nitrogen and oxygen atoms in total. The summed E-state index contributed by atoms with van der Waals surface area (Å²) in [6, 6.07) is 0. The maximum Gasteiger partial charge on any atom is 0.119 e. The third-order valence-electron chi connectivity index (χ3n) is 6.37. The van der Waals surface area contributed by atoms with Gasteiger partial charge >= 0.3 is 0 Å². The van der Waals surface area contributed by atoms with Gasteiger partial charge in [-0.3, -0.25) is 0 Å². The summed E-state index contributed by atoms with van der Waals surface area (Å²) in [6.45, 7) is 6.85. The van der Waals surface area contributed by atoms with E-state index in [1.165, 1.54) is 103 Å². The van der Waals surface area contributed by atoms with Crippen LogP contribution in [-0.4, -0.2) is 12.6 Å². The summed E-state index contributed by atoms with van der Waals surface area (Å²) < 4.78 is 0. The topological polar surface area (TPSA) is 34.1 Å². The molecule has 0 fully saturated rings. The summed E-state index contributed by atoms with van der Waals surface area (Å²) in [6.07, 6.45) is 40.9. The van der Waals surface area contributed by atoms with Crippen molar-refractivity contribution < 1.29 is 9.59 Å². The number of carbonyl (C=O) groups is 2. The fourth-order valence-electron chi connectivity index (χ4n) is 3.69. The van der Waals surface area contributed by atoms with Crippen molar-refractivity contribution >= 4 is 12.6 Å². The Morgan fingerprint density at radius 2 is 0.829 bits per heavy atom. The zero-order chi connectivity index (χ0) is 26.1. The van der Waals surface area contributed by atoms with Gasteiger partial charge in [-0.25, -0.2) is 0 Å². The van der Waals surface area contributed by atoms with E-state index in [-0.39, 0.29) is 0 Å². The Bertz CT molecular complexity index is 489. The number of unbranched alkanes of at least 4 members (excludes halogenated alkanes) is 14. The van der Waals surface area contributed by atoms with Gasteiger partial charge in [-0.2, -0.15) is 0 Å². The Balaban J connectivity index is 0. The van der Waals surface area contributed by atoms with E-state index < -0.39 is 0 Å². The van der Waals surface area contributed by atoms with E-state index in [0.29, 0.717) is 0 Å². The highest BCUT2D eigenvalue weighted by Crippen LogP contribution is 2.12. The molecular formula is C33H60O2. The lowest BCUT2D eigenvalue weighted by molar-refractivity contribution is -0.108. The maximum atomic E-state index is 10.1. The number of rotatable bonds is 25. The molecule has 0 aliphatic rings. The van der Waals surface area contributed by atoms with Crippen molar-refractivity contribution in [3.8, 4) is 0 Å². The van der Waals surface area contributed by atoms with Gasteiger partial charge < -0.3 is 9.59 Å². The average Bonchev–Trinajstić information content (AvgIpc) is 2.87. The van der Waals surface area contributed by atoms with Crippen LogP contribution in [0, 0.1) is 5.92 Å². The molecule has 0 aromatic heterocycles. The number of allylic oxidation sites excluding steroid dienone is 6. The van der Waals surface area contributed by atoms with Crippen LogP contribution in [0.1, 0.15) is 156 Å². The molecule has 2 heteroatoms. The second kappa shape index (κ2) is 34.7. The van der Waals surface area contributed by atoms with Crippen LogP contribution in [0.2, 0.25) is 0 Å². The minimum Gasteiger partial charge on any atom is -0.303 e. The summed E-state index contributed by atoms with van der Waals surface area (Å²) >= 11 is 0. The fraction of sp³-hybridized carbons (Fsp3) is 0.758. The normalized spacial score (nSPS) is 12.3. The second-order valence-corrected chi connectivity index (χ2v) is 9.89. The van der Waals surface area contributed by atoms with Gasteiger partial charge in [-0.05, 0) is 76.5 Å². The first-order valence-corrected chi connectivity index (χ1v) is 15.0. The molecule has 1 unspecified atom stereocenters. The van der Waals surface area contributed by atoms with Gasteiger partial charge in [0, 0.05) is 12.8 Å². The second-order valence-electron chi connectivity index (χ2n) is 9.89. The van der Waals surface area contributed by atoms with Crippen molar-refractivity contribution in [2.24, 2.45) is 5.92 Å². The monoisotopic (exact) mass is 488 g/mol. The smallest absolute Gasteiger partial charge is 0.119 e. The minimum absolute atomic E-state index is 0.728. The molecule has 0 rings (SSSR count). The number of hydrogen-bond acceptors (Lipinski definition) is 2. The Morgan fingerprint density at radius 1 is 0.457 bits per heavy atom. The molecule has 0 aromatic carbocycles. The fourth-order valence-corrected chi connectivity index (χ4v) is 3.69. The van der Waals surface area contributed by atoms with Gasteiger partial charge in [-0.1, -0.05) is 109 Å². The molecule has 35 heavy (non-hydrogen) atoms. The maximum absolute atomic E-state index is 10.1. The van der Waals surface area contributed by atoms with Gasteiger partial charge in [0.1, 0.15) is 12.6 Å². The minimum atomic E-state index is 0.728. The standard InChI is InChI=1S/C17H32O.C16H28O/c1-3-17(2)15-13-11-9-7-5-4-6-8-10-12-14-16-18;1-2-3-4-5-6-7-8-9-10-11-12-13-14-15-16-17/h5,7,16-17H,3-4,6,8-15H2,1-2H3;5-6,9-10,16H,2-4,7-8,11-15H2,1H3. The lowest BCUT2D eigenvalue weighted by Crippen LogP contribution is -1.90. The molecule has 0 spiro atoms. The first-order valence-electron chi connectivity index (χ1n) is 15.0. The average molecular weight is 489 g/mol. The Morgan fingerprint density at radius 3 is 1.26 bits per heavy atom. The summed E-state index contributed by atoms with van der Waals surface area (Å²) in [7, 11) is 0. The van der Waals surface area contributed by atoms with E-state index in [9.17, 15) is 9.59 Å². The highest BCUT2D eigenvalue weighted by atomic mass is 16.1. The Labute approximate surface area is 220 Å². The van der Waals surface area contributed by atoms with Crippen molar-refractivity contribution in [1.82, 2.24) is 0 Å². The predicted molar refractivity (Wildman–Crippen MR) is 157 cm³/mol. The van der Waals surface area contributed by atoms with Crippen LogP contribution >= 0.6 is 0 Å². The van der Waals surface area contributed by atoms with Gasteiger partial charge in [0.05, 0.1) is 0 Å². The largest absolute Gasteiger partial charge is 0.303 e. The van der Waals surface area contributed by atoms with Crippen LogP contribution in [0.15, 0.2) is 36.5 Å². The Kier molecular flexibility index (Phi) is 35.4. The molecule has 0 saturated carbocycles. The number of carbonyl (C=O) groups excluding carboxylic acids is 2. The molecule has 0 heterocycles. The lowest BCUT2D eigenvalue weighted by Gasteiger charge is -2.06. The van der Waals surface area contributed by atoms with Crippen LogP contribution in [-0.2, 0) is 9.59 Å². The van der Waals surface area contributed by atoms with E-state index in [2.05, 4.69) is 57.2 Å². The molecule has 0 N–H and O–H groups in total. The predicted octanol–water partition coefficient (Wildman–Crippen LogP) is 10.9. The first kappa shape index (κ1) is 35.7. The third kappa shape index (κ3) is 37.3. The van der Waals surface area contributed by atoms with Crippen molar-refractivity contribution in [2.45, 2.75) is 156 Å². The van der Waals surface area contributed by atoms with Gasteiger partial charge in [0.2, 0.25) is 0 Å². The van der Waals surface area contributed by atoms with Crippen LogP contribution < -0.4 is 0 Å². The van der Waals surface area contributed by atoms with Gasteiger partial charge in [-0.15, -0.1) is 0 Å². The summed E-state index contributed by atoms with van der Waals surface area (Å²) in [4.78, 5) is 20.2. The van der Waals surface area contributed by atoms with E-state index in [4.69, 9.17) is 0 Å². The number of aldehydes is 2. The van der Waals surface area contributed by atoms with Crippen LogP contribution in [0.5, 0.6) is 0 Å². The van der Waals surface area contributed by atoms with Crippen molar-refractivity contribution in [3.63, 3.8) is 0 Å². The molecule has 1 atom stereocenters. The Hall–Kier alpha value is -1.44. The highest BCUT2D eigenvalue weighted by Gasteiger charge is 1.96. The molecule has 0 radical (unpaired) electrons.